The fourth-order valence-corrected chi connectivity index (χ4v) is 5.70. The molecule has 0 bridgehead atoms. The number of likely N-dealkylation sites (N-methyl/N-ethyl adjacent to an activating group) is 1. The second kappa shape index (κ2) is 7.06. The number of hydrogen-bond acceptors (Lipinski definition) is 8. The van der Waals surface area contributed by atoms with Crippen LogP contribution in [0.4, 0.5) is 0 Å². The van der Waals surface area contributed by atoms with Gasteiger partial charge in [-0.1, -0.05) is 12.2 Å². The minimum Gasteiger partial charge on any atom is -0.511 e. The van der Waals surface area contributed by atoms with Gasteiger partial charge in [0.05, 0.1) is 6.04 Å². The van der Waals surface area contributed by atoms with E-state index in [0.29, 0.717) is 22.3 Å². The van der Waals surface area contributed by atoms with Crippen molar-refractivity contribution in [3.63, 3.8) is 0 Å². The van der Waals surface area contributed by atoms with Crippen LogP contribution >= 0.6 is 0 Å². The molecule has 1 amide bonds. The first-order chi connectivity index (χ1) is 14.8. The first kappa shape index (κ1) is 22.3. The molecule has 32 heavy (non-hydrogen) atoms. The Labute approximate surface area is 184 Å². The van der Waals surface area contributed by atoms with E-state index in [0.717, 1.165) is 0 Å². The Bertz CT molecular complexity index is 1110. The number of aliphatic hydroxyl groups excluding tert-OH is 2. The van der Waals surface area contributed by atoms with E-state index in [1.165, 1.54) is 4.90 Å². The van der Waals surface area contributed by atoms with Gasteiger partial charge in [-0.25, -0.2) is 0 Å². The van der Waals surface area contributed by atoms with Crippen LogP contribution in [0.3, 0.4) is 0 Å². The molecule has 1 fully saturated rings. The highest BCUT2D eigenvalue weighted by Crippen LogP contribution is 2.52. The number of ketones is 3. The largest absolute Gasteiger partial charge is 0.511 e. The van der Waals surface area contributed by atoms with E-state index in [9.17, 15) is 34.5 Å². The van der Waals surface area contributed by atoms with Gasteiger partial charge in [0.1, 0.15) is 17.8 Å². The number of fused-ring (bicyclic) bond motifs is 2. The highest BCUT2D eigenvalue weighted by atomic mass is 16.4. The zero-order chi connectivity index (χ0) is 23.9. The number of amides is 1. The number of carbonyl (C=O) groups excluding carboxylic acids is 4. The molecule has 6 atom stereocenters. The molecule has 0 aromatic heterocycles. The molecule has 4 aliphatic carbocycles. The van der Waals surface area contributed by atoms with Gasteiger partial charge in [-0.05, 0) is 56.7 Å². The van der Waals surface area contributed by atoms with E-state index < -0.39 is 58.8 Å². The standard InChI is InChI=1S/C23H26N2O7/c1-8-5-6-10-9(2)11-7-12-16(25(3)4)19(28)15(22(24)31)21(30)23(12,32)20(29)14(11)18(27)13(10)17(8)26/h5-6,12-13,15-16,20,26,29,32H,7H2,1-4H3,(H2,24,31). The van der Waals surface area contributed by atoms with Crippen molar-refractivity contribution in [1.82, 2.24) is 4.90 Å². The molecule has 0 heterocycles. The number of hydrogen-bond donors (Lipinski definition) is 4. The summed E-state index contributed by atoms with van der Waals surface area (Å²) in [6, 6.07) is -1.08. The lowest BCUT2D eigenvalue weighted by molar-refractivity contribution is -0.182. The summed E-state index contributed by atoms with van der Waals surface area (Å²) in [5, 5.41) is 33.4. The first-order valence-electron chi connectivity index (χ1n) is 10.4. The van der Waals surface area contributed by atoms with Crippen molar-refractivity contribution in [3.05, 3.63) is 45.8 Å². The van der Waals surface area contributed by atoms with Gasteiger partial charge >= 0.3 is 0 Å². The molecule has 9 nitrogen and oxygen atoms in total. The third kappa shape index (κ3) is 2.61. The second-order valence-corrected chi connectivity index (χ2v) is 9.22. The molecule has 0 aromatic carbocycles. The maximum absolute atomic E-state index is 13.5. The van der Waals surface area contributed by atoms with Crippen LogP contribution in [-0.2, 0) is 19.2 Å². The predicted octanol–water partition coefficient (Wildman–Crippen LogP) is -0.504. The van der Waals surface area contributed by atoms with Crippen molar-refractivity contribution >= 4 is 23.3 Å². The number of rotatable bonds is 2. The molecule has 6 unspecified atom stereocenters. The smallest absolute Gasteiger partial charge is 0.235 e. The van der Waals surface area contributed by atoms with Gasteiger partial charge in [-0.2, -0.15) is 0 Å². The number of nitrogens with two attached hydrogens (primary N) is 1. The lowest BCUT2D eigenvalue weighted by Gasteiger charge is -2.53. The van der Waals surface area contributed by atoms with Crippen LogP contribution in [0.1, 0.15) is 20.3 Å². The van der Waals surface area contributed by atoms with Gasteiger partial charge in [-0.3, -0.25) is 24.1 Å². The molecule has 4 rings (SSSR count). The molecule has 0 saturated heterocycles. The predicted molar refractivity (Wildman–Crippen MR) is 112 cm³/mol. The van der Waals surface area contributed by atoms with E-state index in [4.69, 9.17) is 5.73 Å². The fourth-order valence-electron chi connectivity index (χ4n) is 5.70. The maximum atomic E-state index is 13.5. The molecular weight excluding hydrogens is 416 g/mol. The monoisotopic (exact) mass is 442 g/mol. The molecule has 170 valence electrons. The van der Waals surface area contributed by atoms with Crippen LogP contribution in [0.2, 0.25) is 0 Å². The second-order valence-electron chi connectivity index (χ2n) is 9.22. The van der Waals surface area contributed by atoms with Crippen LogP contribution in [0.25, 0.3) is 0 Å². The Kier molecular flexibility index (Phi) is 4.92. The SMILES string of the molecule is CC1=C(O)C2C(=O)C3=C(CC4C(N(C)C)C(=O)C(C(N)=O)C(=O)C4(O)C3O)C(C)=C2C=C1. The quantitative estimate of drug-likeness (QED) is 0.417. The minimum atomic E-state index is -2.56. The molecule has 0 spiro atoms. The zero-order valence-corrected chi connectivity index (χ0v) is 18.2. The summed E-state index contributed by atoms with van der Waals surface area (Å²) in [4.78, 5) is 53.1. The van der Waals surface area contributed by atoms with Crippen LogP contribution in [0, 0.1) is 17.8 Å². The van der Waals surface area contributed by atoms with Crippen LogP contribution in [0.5, 0.6) is 0 Å². The molecule has 0 aromatic rings. The topological polar surface area (TPSA) is 158 Å². The van der Waals surface area contributed by atoms with Gasteiger partial charge in [0.2, 0.25) is 5.91 Å². The van der Waals surface area contributed by atoms with E-state index in [1.54, 1.807) is 40.1 Å². The normalized spacial score (nSPS) is 37.1. The van der Waals surface area contributed by atoms with Crippen molar-refractivity contribution in [3.8, 4) is 0 Å². The lowest BCUT2D eigenvalue weighted by Crippen LogP contribution is -2.73. The van der Waals surface area contributed by atoms with E-state index in [1.807, 2.05) is 0 Å². The molecule has 0 aliphatic heterocycles. The summed E-state index contributed by atoms with van der Waals surface area (Å²) in [5.74, 6) is -8.01. The average Bonchev–Trinajstić information content (AvgIpc) is 2.70. The summed E-state index contributed by atoms with van der Waals surface area (Å²) in [7, 11) is 3.13. The average molecular weight is 442 g/mol. The zero-order valence-electron chi connectivity index (χ0n) is 18.2. The summed E-state index contributed by atoms with van der Waals surface area (Å²) in [6.07, 6.45) is 1.39. The van der Waals surface area contributed by atoms with Crippen molar-refractivity contribution in [2.45, 2.75) is 38.0 Å². The van der Waals surface area contributed by atoms with Gasteiger partial charge in [0, 0.05) is 11.5 Å². The number of carbonyl (C=O) groups is 4. The first-order valence-corrected chi connectivity index (χ1v) is 10.4. The van der Waals surface area contributed by atoms with Crippen LogP contribution < -0.4 is 5.73 Å². The summed E-state index contributed by atoms with van der Waals surface area (Å²) in [6.45, 7) is 3.38. The Morgan fingerprint density at radius 1 is 1.19 bits per heavy atom. The number of primary amides is 1. The van der Waals surface area contributed by atoms with E-state index >= 15 is 0 Å². The van der Waals surface area contributed by atoms with Crippen molar-refractivity contribution in [1.29, 1.82) is 0 Å². The third-order valence-corrected chi connectivity index (χ3v) is 7.37. The van der Waals surface area contributed by atoms with E-state index in [2.05, 4.69) is 0 Å². The maximum Gasteiger partial charge on any atom is 0.235 e. The number of aliphatic hydroxyl groups is 3. The molecule has 9 heteroatoms. The van der Waals surface area contributed by atoms with Crippen LogP contribution in [-0.4, -0.2) is 75.3 Å². The Hall–Kier alpha value is -2.88. The van der Waals surface area contributed by atoms with Gasteiger partial charge in [0.15, 0.2) is 28.9 Å². The Morgan fingerprint density at radius 3 is 2.38 bits per heavy atom. The highest BCUT2D eigenvalue weighted by molar-refractivity contribution is 6.24. The molecule has 1 saturated carbocycles. The van der Waals surface area contributed by atoms with Crippen molar-refractivity contribution < 1.29 is 34.5 Å². The summed E-state index contributed by atoms with van der Waals surface area (Å²) < 4.78 is 0. The van der Waals surface area contributed by atoms with Crippen LogP contribution in [0.15, 0.2) is 45.8 Å². The summed E-state index contributed by atoms with van der Waals surface area (Å²) in [5.41, 5.74) is 4.71. The Balaban J connectivity index is 1.95. The Morgan fingerprint density at radius 2 is 1.81 bits per heavy atom. The summed E-state index contributed by atoms with van der Waals surface area (Å²) >= 11 is 0. The fraction of sp³-hybridized carbons (Fsp3) is 0.478. The van der Waals surface area contributed by atoms with E-state index in [-0.39, 0.29) is 17.8 Å². The van der Waals surface area contributed by atoms with Gasteiger partial charge in [-0.15, -0.1) is 0 Å². The number of nitrogens with zero attached hydrogens (tertiary/aromatic N) is 1. The number of allylic oxidation sites excluding steroid dienone is 6. The highest BCUT2D eigenvalue weighted by Gasteiger charge is 2.67. The molecule has 4 aliphatic rings. The minimum absolute atomic E-state index is 0.0419. The van der Waals surface area contributed by atoms with Gasteiger partial charge in [0.25, 0.3) is 0 Å². The molecular formula is C23H26N2O7. The van der Waals surface area contributed by atoms with Crippen molar-refractivity contribution in [2.75, 3.05) is 14.1 Å². The number of Topliss-reactive ketones (excluding diaryl/α,β-unsaturated/α-hetero) is 3. The third-order valence-electron chi connectivity index (χ3n) is 7.37. The molecule has 0 radical (unpaired) electrons. The molecule has 5 N–H and O–H groups in total. The lowest BCUT2D eigenvalue weighted by atomic mass is 9.55. The van der Waals surface area contributed by atoms with Gasteiger partial charge < -0.3 is 21.1 Å². The van der Waals surface area contributed by atoms with Crippen molar-refractivity contribution in [2.24, 2.45) is 23.5 Å².